The molecule has 0 radical (unpaired) electrons. The number of hydrogen-bond donors (Lipinski definition) is 3. The van der Waals surface area contributed by atoms with Gasteiger partial charge in [-0.3, -0.25) is 9.69 Å². The van der Waals surface area contributed by atoms with Gasteiger partial charge in [-0.25, -0.2) is 0 Å². The number of nitrogens with zero attached hydrogens (tertiary/aromatic N) is 1. The number of amides is 1. The van der Waals surface area contributed by atoms with E-state index >= 15 is 0 Å². The van der Waals surface area contributed by atoms with Gasteiger partial charge in [0.2, 0.25) is 5.91 Å². The smallest absolute Gasteiger partial charge is 0.249 e. The summed E-state index contributed by atoms with van der Waals surface area (Å²) in [6.45, 7) is 2.32. The molecule has 1 aromatic carbocycles. The van der Waals surface area contributed by atoms with Crippen molar-refractivity contribution >= 4 is 17.5 Å². The van der Waals surface area contributed by atoms with E-state index in [1.807, 2.05) is 24.3 Å². The molecule has 6 heteroatoms. The SMILES string of the molecule is NC1=C(C(=O)NCCO)CCN(Cc2ccc(Cl)cc2)C1. The number of hydrogen-bond acceptors (Lipinski definition) is 4. The van der Waals surface area contributed by atoms with E-state index in [1.165, 1.54) is 5.56 Å². The second kappa shape index (κ2) is 7.45. The third-order valence-corrected chi connectivity index (χ3v) is 3.70. The maximum Gasteiger partial charge on any atom is 0.249 e. The number of carbonyl (C=O) groups is 1. The molecule has 1 heterocycles. The second-order valence-corrected chi connectivity index (χ2v) is 5.51. The maximum absolute atomic E-state index is 11.9. The first-order valence-corrected chi connectivity index (χ1v) is 7.31. The van der Waals surface area contributed by atoms with Gasteiger partial charge in [0.1, 0.15) is 0 Å². The molecule has 0 atom stereocenters. The molecule has 4 N–H and O–H groups in total. The molecule has 21 heavy (non-hydrogen) atoms. The fourth-order valence-electron chi connectivity index (χ4n) is 2.36. The number of benzene rings is 1. The van der Waals surface area contributed by atoms with Crippen LogP contribution in [-0.2, 0) is 11.3 Å². The van der Waals surface area contributed by atoms with Crippen LogP contribution in [0.3, 0.4) is 0 Å². The maximum atomic E-state index is 11.9. The van der Waals surface area contributed by atoms with Crippen LogP contribution < -0.4 is 11.1 Å². The highest BCUT2D eigenvalue weighted by Crippen LogP contribution is 2.18. The Morgan fingerprint density at radius 3 is 2.71 bits per heavy atom. The average Bonchev–Trinajstić information content (AvgIpc) is 2.47. The van der Waals surface area contributed by atoms with Crippen molar-refractivity contribution in [1.29, 1.82) is 0 Å². The summed E-state index contributed by atoms with van der Waals surface area (Å²) in [5.74, 6) is -0.173. The molecule has 2 rings (SSSR count). The number of aliphatic hydroxyl groups is 1. The van der Waals surface area contributed by atoms with Crippen LogP contribution in [0.5, 0.6) is 0 Å². The van der Waals surface area contributed by atoms with E-state index in [2.05, 4.69) is 10.2 Å². The lowest BCUT2D eigenvalue weighted by Gasteiger charge is -2.28. The fraction of sp³-hybridized carbons (Fsp3) is 0.400. The first-order chi connectivity index (χ1) is 10.1. The van der Waals surface area contributed by atoms with Gasteiger partial charge in [-0.2, -0.15) is 0 Å². The molecular formula is C15H20ClN3O2. The van der Waals surface area contributed by atoms with Gasteiger partial charge in [0.15, 0.2) is 0 Å². The van der Waals surface area contributed by atoms with Crippen LogP contribution in [0.1, 0.15) is 12.0 Å². The zero-order chi connectivity index (χ0) is 15.2. The molecule has 0 aromatic heterocycles. The molecule has 0 spiro atoms. The van der Waals surface area contributed by atoms with Crippen molar-refractivity contribution in [2.45, 2.75) is 13.0 Å². The van der Waals surface area contributed by atoms with Crippen LogP contribution in [0.4, 0.5) is 0 Å². The van der Waals surface area contributed by atoms with E-state index in [4.69, 9.17) is 22.4 Å². The second-order valence-electron chi connectivity index (χ2n) is 5.07. The lowest BCUT2D eigenvalue weighted by Crippen LogP contribution is -2.39. The van der Waals surface area contributed by atoms with Gasteiger partial charge in [0, 0.05) is 42.5 Å². The molecule has 0 bridgehead atoms. The Kier molecular flexibility index (Phi) is 5.61. The predicted octanol–water partition coefficient (Wildman–Crippen LogP) is 0.867. The Morgan fingerprint density at radius 1 is 1.38 bits per heavy atom. The molecule has 5 nitrogen and oxygen atoms in total. The predicted molar refractivity (Wildman–Crippen MR) is 82.7 cm³/mol. The fourth-order valence-corrected chi connectivity index (χ4v) is 2.49. The monoisotopic (exact) mass is 309 g/mol. The summed E-state index contributed by atoms with van der Waals surface area (Å²) in [5, 5.41) is 12.1. The summed E-state index contributed by atoms with van der Waals surface area (Å²) >= 11 is 5.87. The highest BCUT2D eigenvalue weighted by molar-refractivity contribution is 6.30. The normalized spacial score (nSPS) is 16.1. The zero-order valence-corrected chi connectivity index (χ0v) is 12.6. The zero-order valence-electron chi connectivity index (χ0n) is 11.8. The molecule has 1 aliphatic heterocycles. The number of nitrogens with one attached hydrogen (secondary N) is 1. The van der Waals surface area contributed by atoms with Gasteiger partial charge in [-0.15, -0.1) is 0 Å². The molecule has 1 aromatic rings. The lowest BCUT2D eigenvalue weighted by molar-refractivity contribution is -0.118. The summed E-state index contributed by atoms with van der Waals surface area (Å²) in [5.41, 5.74) is 8.42. The van der Waals surface area contributed by atoms with Crippen molar-refractivity contribution in [3.05, 3.63) is 46.1 Å². The number of halogens is 1. The minimum Gasteiger partial charge on any atom is -0.401 e. The third-order valence-electron chi connectivity index (χ3n) is 3.45. The topological polar surface area (TPSA) is 78.6 Å². The van der Waals surface area contributed by atoms with Crippen molar-refractivity contribution in [1.82, 2.24) is 10.2 Å². The molecule has 114 valence electrons. The average molecular weight is 310 g/mol. The van der Waals surface area contributed by atoms with E-state index in [-0.39, 0.29) is 19.1 Å². The van der Waals surface area contributed by atoms with Gasteiger partial charge in [0.25, 0.3) is 0 Å². The van der Waals surface area contributed by atoms with Crippen molar-refractivity contribution < 1.29 is 9.90 Å². The van der Waals surface area contributed by atoms with Crippen molar-refractivity contribution in [3.8, 4) is 0 Å². The first kappa shape index (κ1) is 15.8. The van der Waals surface area contributed by atoms with Gasteiger partial charge in [-0.05, 0) is 24.1 Å². The Labute approximate surface area is 129 Å². The number of rotatable bonds is 5. The van der Waals surface area contributed by atoms with Gasteiger partial charge in [0.05, 0.1) is 6.61 Å². The molecule has 1 aliphatic rings. The van der Waals surface area contributed by atoms with Gasteiger partial charge < -0.3 is 16.2 Å². The summed E-state index contributed by atoms with van der Waals surface area (Å²) in [6.07, 6.45) is 0.622. The molecule has 0 saturated carbocycles. The quantitative estimate of drug-likeness (QED) is 0.754. The molecule has 0 aliphatic carbocycles. The highest BCUT2D eigenvalue weighted by atomic mass is 35.5. The van der Waals surface area contributed by atoms with Crippen LogP contribution in [0, 0.1) is 0 Å². The van der Waals surface area contributed by atoms with Crippen molar-refractivity contribution in [2.24, 2.45) is 5.73 Å². The molecule has 0 saturated heterocycles. The Bertz CT molecular complexity index is 528. The Balaban J connectivity index is 1.94. The van der Waals surface area contributed by atoms with Crippen LogP contribution in [-0.4, -0.2) is 42.2 Å². The van der Waals surface area contributed by atoms with E-state index in [0.29, 0.717) is 24.2 Å². The van der Waals surface area contributed by atoms with Crippen molar-refractivity contribution in [2.75, 3.05) is 26.2 Å². The minimum atomic E-state index is -0.173. The number of nitrogens with two attached hydrogens (primary N) is 1. The summed E-state index contributed by atoms with van der Waals surface area (Å²) in [4.78, 5) is 14.1. The first-order valence-electron chi connectivity index (χ1n) is 6.93. The van der Waals surface area contributed by atoms with E-state index < -0.39 is 0 Å². The summed E-state index contributed by atoms with van der Waals surface area (Å²) in [7, 11) is 0. The standard InChI is InChI=1S/C15H20ClN3O2/c16-12-3-1-11(2-4-12)9-19-7-5-13(14(17)10-19)15(21)18-6-8-20/h1-4,20H,5-10,17H2,(H,18,21). The molecule has 1 amide bonds. The summed E-state index contributed by atoms with van der Waals surface area (Å²) < 4.78 is 0. The Hall–Kier alpha value is -1.56. The highest BCUT2D eigenvalue weighted by Gasteiger charge is 2.21. The van der Waals surface area contributed by atoms with Crippen molar-refractivity contribution in [3.63, 3.8) is 0 Å². The van der Waals surface area contributed by atoms with Crippen LogP contribution >= 0.6 is 11.6 Å². The largest absolute Gasteiger partial charge is 0.401 e. The minimum absolute atomic E-state index is 0.0678. The third kappa shape index (κ3) is 4.46. The lowest BCUT2D eigenvalue weighted by atomic mass is 10.0. The molecule has 0 fully saturated rings. The van der Waals surface area contributed by atoms with Gasteiger partial charge >= 0.3 is 0 Å². The summed E-state index contributed by atoms with van der Waals surface area (Å²) in [6, 6.07) is 7.72. The number of carbonyl (C=O) groups excluding carboxylic acids is 1. The van der Waals surface area contributed by atoms with Gasteiger partial charge in [-0.1, -0.05) is 23.7 Å². The molecular weight excluding hydrogens is 290 g/mol. The molecule has 0 unspecified atom stereocenters. The number of aliphatic hydroxyl groups excluding tert-OH is 1. The Morgan fingerprint density at radius 2 is 2.10 bits per heavy atom. The van der Waals surface area contributed by atoms with Crippen LogP contribution in [0.2, 0.25) is 5.02 Å². The van der Waals surface area contributed by atoms with E-state index in [9.17, 15) is 4.79 Å². The van der Waals surface area contributed by atoms with E-state index in [1.54, 1.807) is 0 Å². The van der Waals surface area contributed by atoms with Crippen LogP contribution in [0.15, 0.2) is 35.5 Å². The van der Waals surface area contributed by atoms with E-state index in [0.717, 1.165) is 18.1 Å². The van der Waals surface area contributed by atoms with Crippen LogP contribution in [0.25, 0.3) is 0 Å².